The summed E-state index contributed by atoms with van der Waals surface area (Å²) in [7, 11) is 0. The van der Waals surface area contributed by atoms with Gasteiger partial charge in [-0.1, -0.05) is 0 Å². The second-order valence-electron chi connectivity index (χ2n) is 4.82. The molecule has 0 spiro atoms. The maximum atomic E-state index is 9.46. The highest BCUT2D eigenvalue weighted by Crippen LogP contribution is 2.19. The van der Waals surface area contributed by atoms with Crippen molar-refractivity contribution in [3.05, 3.63) is 24.3 Å². The van der Waals surface area contributed by atoms with E-state index in [2.05, 4.69) is 34.5 Å². The topological polar surface area (TPSA) is 44.7 Å². The van der Waals surface area contributed by atoms with E-state index < -0.39 is 0 Å². The van der Waals surface area contributed by atoms with Crippen molar-refractivity contribution in [1.82, 2.24) is 0 Å². The highest BCUT2D eigenvalue weighted by Gasteiger charge is 2.11. The molecule has 4 nitrogen and oxygen atoms in total. The molecule has 2 unspecified atom stereocenters. The zero-order valence-electron chi connectivity index (χ0n) is 11.1. The van der Waals surface area contributed by atoms with Crippen LogP contribution >= 0.6 is 0 Å². The number of morpholine rings is 1. The van der Waals surface area contributed by atoms with Crippen LogP contribution in [0.15, 0.2) is 24.3 Å². The van der Waals surface area contributed by atoms with Crippen LogP contribution in [-0.2, 0) is 4.74 Å². The standard InChI is InChI=1S/C14H22N2O2/c1-11(12(2)17)15-13-3-5-14(6-4-13)16-7-9-18-10-8-16/h3-6,11-12,15,17H,7-10H2,1-2H3. The van der Waals surface area contributed by atoms with Gasteiger partial charge in [0, 0.05) is 30.5 Å². The molecular formula is C14H22N2O2. The van der Waals surface area contributed by atoms with E-state index in [9.17, 15) is 5.11 Å². The van der Waals surface area contributed by atoms with E-state index in [1.165, 1.54) is 5.69 Å². The number of aliphatic hydroxyl groups is 1. The van der Waals surface area contributed by atoms with Gasteiger partial charge in [-0.05, 0) is 38.1 Å². The number of hydrogen-bond donors (Lipinski definition) is 2. The van der Waals surface area contributed by atoms with Crippen molar-refractivity contribution in [2.24, 2.45) is 0 Å². The quantitative estimate of drug-likeness (QED) is 0.854. The molecule has 18 heavy (non-hydrogen) atoms. The van der Waals surface area contributed by atoms with Crippen molar-refractivity contribution in [1.29, 1.82) is 0 Å². The van der Waals surface area contributed by atoms with E-state index in [0.29, 0.717) is 0 Å². The zero-order chi connectivity index (χ0) is 13.0. The van der Waals surface area contributed by atoms with Crippen LogP contribution in [0.4, 0.5) is 11.4 Å². The zero-order valence-corrected chi connectivity index (χ0v) is 11.1. The summed E-state index contributed by atoms with van der Waals surface area (Å²) in [6.45, 7) is 7.28. The maximum absolute atomic E-state index is 9.46. The van der Waals surface area contributed by atoms with E-state index in [4.69, 9.17) is 4.74 Å². The Balaban J connectivity index is 1.96. The van der Waals surface area contributed by atoms with E-state index in [1.807, 2.05) is 6.92 Å². The van der Waals surface area contributed by atoms with Gasteiger partial charge in [-0.25, -0.2) is 0 Å². The van der Waals surface area contributed by atoms with Crippen molar-refractivity contribution in [2.45, 2.75) is 26.0 Å². The lowest BCUT2D eigenvalue weighted by Crippen LogP contribution is -2.36. The first kappa shape index (κ1) is 13.2. The van der Waals surface area contributed by atoms with Crippen LogP contribution in [0, 0.1) is 0 Å². The summed E-state index contributed by atoms with van der Waals surface area (Å²) >= 11 is 0. The third kappa shape index (κ3) is 3.37. The number of rotatable bonds is 4. The average molecular weight is 250 g/mol. The summed E-state index contributed by atoms with van der Waals surface area (Å²) in [5, 5.41) is 12.7. The molecule has 1 aliphatic heterocycles. The number of nitrogens with zero attached hydrogens (tertiary/aromatic N) is 1. The lowest BCUT2D eigenvalue weighted by molar-refractivity contribution is 0.122. The summed E-state index contributed by atoms with van der Waals surface area (Å²) in [6, 6.07) is 8.40. The Morgan fingerprint density at radius 1 is 1.17 bits per heavy atom. The van der Waals surface area contributed by atoms with Gasteiger partial charge in [0.05, 0.1) is 19.3 Å². The van der Waals surface area contributed by atoms with Gasteiger partial charge < -0.3 is 20.1 Å². The monoisotopic (exact) mass is 250 g/mol. The highest BCUT2D eigenvalue weighted by molar-refractivity contribution is 5.55. The molecule has 1 aliphatic rings. The van der Waals surface area contributed by atoms with E-state index in [0.717, 1.165) is 32.0 Å². The van der Waals surface area contributed by atoms with Crippen molar-refractivity contribution < 1.29 is 9.84 Å². The van der Waals surface area contributed by atoms with Crippen LogP contribution in [0.25, 0.3) is 0 Å². The van der Waals surface area contributed by atoms with Gasteiger partial charge in [-0.15, -0.1) is 0 Å². The summed E-state index contributed by atoms with van der Waals surface area (Å²) in [5.74, 6) is 0. The predicted octanol–water partition coefficient (Wildman–Crippen LogP) is 1.70. The van der Waals surface area contributed by atoms with Gasteiger partial charge in [0.25, 0.3) is 0 Å². The number of ether oxygens (including phenoxy) is 1. The van der Waals surface area contributed by atoms with Crippen molar-refractivity contribution in [2.75, 3.05) is 36.5 Å². The molecule has 0 aromatic heterocycles. The Morgan fingerprint density at radius 3 is 2.33 bits per heavy atom. The van der Waals surface area contributed by atoms with E-state index in [-0.39, 0.29) is 12.1 Å². The first-order chi connectivity index (χ1) is 8.66. The number of hydrogen-bond acceptors (Lipinski definition) is 4. The molecule has 4 heteroatoms. The maximum Gasteiger partial charge on any atom is 0.0710 e. The fraction of sp³-hybridized carbons (Fsp3) is 0.571. The van der Waals surface area contributed by atoms with Crippen LogP contribution in [0.3, 0.4) is 0 Å². The Kier molecular flexibility index (Phi) is 4.44. The summed E-state index contributed by atoms with van der Waals surface area (Å²) in [5.41, 5.74) is 2.27. The third-order valence-electron chi connectivity index (χ3n) is 3.36. The number of aliphatic hydroxyl groups excluding tert-OH is 1. The number of benzene rings is 1. The Bertz CT molecular complexity index is 359. The van der Waals surface area contributed by atoms with Crippen LogP contribution in [-0.4, -0.2) is 43.6 Å². The molecule has 0 radical (unpaired) electrons. The highest BCUT2D eigenvalue weighted by atomic mass is 16.5. The number of nitrogens with one attached hydrogen (secondary N) is 1. The smallest absolute Gasteiger partial charge is 0.0710 e. The lowest BCUT2D eigenvalue weighted by atomic mass is 10.2. The molecule has 2 atom stereocenters. The van der Waals surface area contributed by atoms with E-state index in [1.54, 1.807) is 6.92 Å². The van der Waals surface area contributed by atoms with Crippen LogP contribution in [0.2, 0.25) is 0 Å². The van der Waals surface area contributed by atoms with Crippen LogP contribution in [0.5, 0.6) is 0 Å². The van der Waals surface area contributed by atoms with Crippen molar-refractivity contribution >= 4 is 11.4 Å². The Hall–Kier alpha value is -1.26. The molecule has 2 N–H and O–H groups in total. The average Bonchev–Trinajstić information content (AvgIpc) is 2.40. The summed E-state index contributed by atoms with van der Waals surface area (Å²) in [6.07, 6.45) is -0.357. The molecule has 1 aromatic rings. The molecule has 0 aliphatic carbocycles. The van der Waals surface area contributed by atoms with Gasteiger partial charge in [0.1, 0.15) is 0 Å². The van der Waals surface area contributed by atoms with Crippen LogP contribution < -0.4 is 10.2 Å². The largest absolute Gasteiger partial charge is 0.391 e. The van der Waals surface area contributed by atoms with Crippen molar-refractivity contribution in [3.63, 3.8) is 0 Å². The summed E-state index contributed by atoms with van der Waals surface area (Å²) in [4.78, 5) is 2.32. The minimum atomic E-state index is -0.357. The molecule has 2 rings (SSSR count). The molecule has 0 amide bonds. The minimum Gasteiger partial charge on any atom is -0.391 e. The summed E-state index contributed by atoms with van der Waals surface area (Å²) < 4.78 is 5.34. The second-order valence-corrected chi connectivity index (χ2v) is 4.82. The Labute approximate surface area is 109 Å². The van der Waals surface area contributed by atoms with Gasteiger partial charge in [0.15, 0.2) is 0 Å². The normalized spacial score (nSPS) is 19.4. The van der Waals surface area contributed by atoms with Gasteiger partial charge >= 0.3 is 0 Å². The molecule has 1 aromatic carbocycles. The fourth-order valence-corrected chi connectivity index (χ4v) is 1.97. The van der Waals surface area contributed by atoms with Crippen LogP contribution in [0.1, 0.15) is 13.8 Å². The van der Waals surface area contributed by atoms with Gasteiger partial charge in [0.2, 0.25) is 0 Å². The first-order valence-electron chi connectivity index (χ1n) is 6.54. The molecular weight excluding hydrogens is 228 g/mol. The predicted molar refractivity (Wildman–Crippen MR) is 74.2 cm³/mol. The molecule has 0 saturated carbocycles. The lowest BCUT2D eigenvalue weighted by Gasteiger charge is -2.29. The fourth-order valence-electron chi connectivity index (χ4n) is 1.97. The number of anilines is 2. The third-order valence-corrected chi connectivity index (χ3v) is 3.36. The molecule has 1 fully saturated rings. The molecule has 0 bridgehead atoms. The van der Waals surface area contributed by atoms with Gasteiger partial charge in [-0.2, -0.15) is 0 Å². The van der Waals surface area contributed by atoms with E-state index >= 15 is 0 Å². The minimum absolute atomic E-state index is 0.0548. The SMILES string of the molecule is CC(O)C(C)Nc1ccc(N2CCOCC2)cc1. The van der Waals surface area contributed by atoms with Crippen molar-refractivity contribution in [3.8, 4) is 0 Å². The van der Waals surface area contributed by atoms with Gasteiger partial charge in [-0.3, -0.25) is 0 Å². The second kappa shape index (κ2) is 6.07. The Morgan fingerprint density at radius 2 is 1.78 bits per heavy atom. The molecule has 1 saturated heterocycles. The first-order valence-corrected chi connectivity index (χ1v) is 6.54. The molecule has 100 valence electrons. The molecule has 1 heterocycles.